The number of pyridine rings is 1. The molecule has 19 heavy (non-hydrogen) atoms. The summed E-state index contributed by atoms with van der Waals surface area (Å²) in [6.45, 7) is 4.07. The Balaban J connectivity index is 2.05. The van der Waals surface area contributed by atoms with Crippen LogP contribution in [0.5, 0.6) is 0 Å². The summed E-state index contributed by atoms with van der Waals surface area (Å²) in [6, 6.07) is 3.80. The van der Waals surface area contributed by atoms with Crippen LogP contribution in [0.2, 0.25) is 0 Å². The maximum Gasteiger partial charge on any atom is 0.133 e. The summed E-state index contributed by atoms with van der Waals surface area (Å²) in [6.07, 6.45) is 1.68. The van der Waals surface area contributed by atoms with E-state index >= 15 is 0 Å². The standard InChI is InChI=1S/C13H12N4S2/c1-7-11(16-8(2)19-7)10-6-18-13(17-10)9-4-3-5-15-12(9)14/h3-6H,1-2H3,(H2,14,15). The van der Waals surface area contributed by atoms with Gasteiger partial charge in [0, 0.05) is 16.5 Å². The normalized spacial score (nSPS) is 10.8. The first kappa shape index (κ1) is 12.3. The van der Waals surface area contributed by atoms with Gasteiger partial charge in [-0.05, 0) is 26.0 Å². The summed E-state index contributed by atoms with van der Waals surface area (Å²) in [5.41, 5.74) is 8.63. The summed E-state index contributed by atoms with van der Waals surface area (Å²) < 4.78 is 0. The number of aryl methyl sites for hydroxylation is 2. The molecule has 4 nitrogen and oxygen atoms in total. The summed E-state index contributed by atoms with van der Waals surface area (Å²) in [4.78, 5) is 14.4. The maximum absolute atomic E-state index is 5.88. The van der Waals surface area contributed by atoms with Crippen molar-refractivity contribution in [1.29, 1.82) is 0 Å². The summed E-state index contributed by atoms with van der Waals surface area (Å²) in [7, 11) is 0. The van der Waals surface area contributed by atoms with E-state index in [-0.39, 0.29) is 0 Å². The zero-order chi connectivity index (χ0) is 13.4. The monoisotopic (exact) mass is 288 g/mol. The molecule has 6 heteroatoms. The van der Waals surface area contributed by atoms with E-state index < -0.39 is 0 Å². The molecule has 3 aromatic rings. The molecule has 2 N–H and O–H groups in total. The van der Waals surface area contributed by atoms with E-state index in [4.69, 9.17) is 5.73 Å². The number of thiazole rings is 2. The van der Waals surface area contributed by atoms with E-state index in [0.717, 1.165) is 27.0 Å². The second-order valence-corrected chi connectivity index (χ2v) is 6.38. The number of nitrogen functional groups attached to an aromatic ring is 1. The second-order valence-electron chi connectivity index (χ2n) is 4.11. The molecule has 0 atom stereocenters. The molecular weight excluding hydrogens is 276 g/mol. The lowest BCUT2D eigenvalue weighted by Crippen LogP contribution is -1.92. The Labute approximate surface area is 119 Å². The molecule has 0 radical (unpaired) electrons. The molecule has 3 heterocycles. The van der Waals surface area contributed by atoms with Gasteiger partial charge in [0.1, 0.15) is 22.2 Å². The smallest absolute Gasteiger partial charge is 0.133 e. The molecule has 0 saturated heterocycles. The van der Waals surface area contributed by atoms with Gasteiger partial charge in [-0.2, -0.15) is 0 Å². The van der Waals surface area contributed by atoms with Gasteiger partial charge in [-0.3, -0.25) is 0 Å². The Morgan fingerprint density at radius 3 is 2.74 bits per heavy atom. The molecule has 3 aromatic heterocycles. The second kappa shape index (κ2) is 4.71. The van der Waals surface area contributed by atoms with Gasteiger partial charge < -0.3 is 5.73 Å². The first-order valence-corrected chi connectivity index (χ1v) is 7.45. The Morgan fingerprint density at radius 1 is 1.21 bits per heavy atom. The molecule has 0 unspecified atom stereocenters. The lowest BCUT2D eigenvalue weighted by Gasteiger charge is -1.99. The third-order valence-corrected chi connectivity index (χ3v) is 4.48. The molecule has 0 aliphatic carbocycles. The molecule has 3 rings (SSSR count). The summed E-state index contributed by atoms with van der Waals surface area (Å²) in [5, 5.41) is 3.96. The number of nitrogens with zero attached hydrogens (tertiary/aromatic N) is 3. The Bertz CT molecular complexity index is 730. The van der Waals surface area contributed by atoms with Crippen molar-refractivity contribution in [2.24, 2.45) is 0 Å². The summed E-state index contributed by atoms with van der Waals surface area (Å²) in [5.74, 6) is 0.509. The maximum atomic E-state index is 5.88. The number of hydrogen-bond donors (Lipinski definition) is 1. The fourth-order valence-electron chi connectivity index (χ4n) is 1.87. The average Bonchev–Trinajstić information content (AvgIpc) is 2.96. The van der Waals surface area contributed by atoms with Crippen LogP contribution in [0.3, 0.4) is 0 Å². The van der Waals surface area contributed by atoms with Crippen LogP contribution < -0.4 is 5.73 Å². The van der Waals surface area contributed by atoms with Crippen molar-refractivity contribution in [2.45, 2.75) is 13.8 Å². The minimum Gasteiger partial charge on any atom is -0.383 e. The first-order chi connectivity index (χ1) is 9.15. The third-order valence-electron chi connectivity index (χ3n) is 2.72. The quantitative estimate of drug-likeness (QED) is 0.783. The van der Waals surface area contributed by atoms with E-state index in [1.54, 1.807) is 28.9 Å². The van der Waals surface area contributed by atoms with Crippen molar-refractivity contribution in [3.63, 3.8) is 0 Å². The van der Waals surface area contributed by atoms with Crippen molar-refractivity contribution < 1.29 is 0 Å². The van der Waals surface area contributed by atoms with E-state index in [0.29, 0.717) is 5.82 Å². The minimum atomic E-state index is 0.509. The molecule has 0 amide bonds. The fourth-order valence-corrected chi connectivity index (χ4v) is 3.54. The van der Waals surface area contributed by atoms with Gasteiger partial charge in [-0.1, -0.05) is 0 Å². The molecule has 0 fully saturated rings. The lowest BCUT2D eigenvalue weighted by molar-refractivity contribution is 1.25. The van der Waals surface area contributed by atoms with Crippen molar-refractivity contribution in [3.8, 4) is 22.0 Å². The Hall–Kier alpha value is -1.79. The van der Waals surface area contributed by atoms with E-state index in [2.05, 4.69) is 21.9 Å². The number of aromatic nitrogens is 3. The van der Waals surface area contributed by atoms with Crippen LogP contribution in [0.4, 0.5) is 5.82 Å². The van der Waals surface area contributed by atoms with Crippen LogP contribution in [0.15, 0.2) is 23.7 Å². The van der Waals surface area contributed by atoms with Crippen molar-refractivity contribution in [2.75, 3.05) is 5.73 Å². The molecule has 0 aliphatic rings. The predicted octanol–water partition coefficient (Wildman–Crippen LogP) is 3.53. The zero-order valence-corrected chi connectivity index (χ0v) is 12.2. The number of anilines is 1. The zero-order valence-electron chi connectivity index (χ0n) is 10.5. The highest BCUT2D eigenvalue weighted by atomic mass is 32.1. The van der Waals surface area contributed by atoms with Crippen LogP contribution in [0, 0.1) is 13.8 Å². The van der Waals surface area contributed by atoms with Gasteiger partial charge >= 0.3 is 0 Å². The van der Waals surface area contributed by atoms with E-state index in [9.17, 15) is 0 Å². The number of nitrogens with two attached hydrogens (primary N) is 1. The Kier molecular flexibility index (Phi) is 3.04. The van der Waals surface area contributed by atoms with Gasteiger partial charge in [-0.25, -0.2) is 15.0 Å². The van der Waals surface area contributed by atoms with E-state index in [1.165, 1.54) is 4.88 Å². The van der Waals surface area contributed by atoms with Gasteiger partial charge in [0.15, 0.2) is 0 Å². The predicted molar refractivity (Wildman–Crippen MR) is 80.3 cm³/mol. The van der Waals surface area contributed by atoms with Crippen LogP contribution in [-0.4, -0.2) is 15.0 Å². The van der Waals surface area contributed by atoms with Gasteiger partial charge in [0.2, 0.25) is 0 Å². The number of rotatable bonds is 2. The van der Waals surface area contributed by atoms with E-state index in [1.807, 2.05) is 24.4 Å². The SMILES string of the molecule is Cc1nc(-c2csc(-c3cccnc3N)n2)c(C)s1. The first-order valence-electron chi connectivity index (χ1n) is 5.76. The van der Waals surface area contributed by atoms with Gasteiger partial charge in [0.25, 0.3) is 0 Å². The van der Waals surface area contributed by atoms with Gasteiger partial charge in [0.05, 0.1) is 10.6 Å². The number of hydrogen-bond acceptors (Lipinski definition) is 6. The largest absolute Gasteiger partial charge is 0.383 e. The Morgan fingerprint density at radius 2 is 2.05 bits per heavy atom. The van der Waals surface area contributed by atoms with Crippen LogP contribution in [0.25, 0.3) is 22.0 Å². The summed E-state index contributed by atoms with van der Waals surface area (Å²) >= 11 is 3.25. The molecule has 0 bridgehead atoms. The molecule has 0 saturated carbocycles. The molecule has 96 valence electrons. The van der Waals surface area contributed by atoms with Crippen molar-refractivity contribution >= 4 is 28.5 Å². The van der Waals surface area contributed by atoms with Crippen LogP contribution >= 0.6 is 22.7 Å². The van der Waals surface area contributed by atoms with Crippen molar-refractivity contribution in [3.05, 3.63) is 33.6 Å². The third kappa shape index (κ3) is 2.24. The average molecular weight is 288 g/mol. The minimum absolute atomic E-state index is 0.509. The highest BCUT2D eigenvalue weighted by Gasteiger charge is 2.13. The van der Waals surface area contributed by atoms with Crippen LogP contribution in [0.1, 0.15) is 9.88 Å². The topological polar surface area (TPSA) is 64.7 Å². The van der Waals surface area contributed by atoms with Crippen LogP contribution in [-0.2, 0) is 0 Å². The lowest BCUT2D eigenvalue weighted by atomic mass is 10.2. The fraction of sp³-hybridized carbons (Fsp3) is 0.154. The highest BCUT2D eigenvalue weighted by molar-refractivity contribution is 7.13. The molecule has 0 aliphatic heterocycles. The van der Waals surface area contributed by atoms with Gasteiger partial charge in [-0.15, -0.1) is 22.7 Å². The molecule has 0 aromatic carbocycles. The molecule has 0 spiro atoms. The molecular formula is C13H12N4S2. The highest BCUT2D eigenvalue weighted by Crippen LogP contribution is 2.33. The van der Waals surface area contributed by atoms with Crippen molar-refractivity contribution in [1.82, 2.24) is 15.0 Å².